The average molecular weight is 276 g/mol. The van der Waals surface area contributed by atoms with Gasteiger partial charge in [-0.1, -0.05) is 62.8 Å². The highest BCUT2D eigenvalue weighted by molar-refractivity contribution is 7.19. The first kappa shape index (κ1) is 13.9. The van der Waals surface area contributed by atoms with E-state index >= 15 is 0 Å². The molecule has 0 nitrogen and oxygen atoms in total. The van der Waals surface area contributed by atoms with Crippen molar-refractivity contribution in [2.24, 2.45) is 17.8 Å². The van der Waals surface area contributed by atoms with Crippen LogP contribution in [0.1, 0.15) is 64.2 Å². The number of hydrogen-bond acceptors (Lipinski definition) is 0. The molecule has 0 saturated heterocycles. The van der Waals surface area contributed by atoms with Gasteiger partial charge in [-0.25, -0.2) is 0 Å². The van der Waals surface area contributed by atoms with Crippen LogP contribution < -0.4 is 0 Å². The highest BCUT2D eigenvalue weighted by atomic mass is 31.0. The molecule has 0 aromatic carbocycles. The Morgan fingerprint density at radius 2 is 1.11 bits per heavy atom. The molecule has 3 rings (SSSR count). The number of allylic oxidation sites excluding steroid dienone is 4. The van der Waals surface area contributed by atoms with Gasteiger partial charge in [0.25, 0.3) is 0 Å². The highest BCUT2D eigenvalue weighted by Gasteiger charge is 2.46. The van der Waals surface area contributed by atoms with E-state index in [0.29, 0.717) is 11.1 Å². The molecule has 1 heteroatoms. The summed E-state index contributed by atoms with van der Waals surface area (Å²) < 4.78 is 0. The van der Waals surface area contributed by atoms with Crippen LogP contribution in [0.15, 0.2) is 24.3 Å². The first-order valence-electron chi connectivity index (χ1n) is 8.45. The maximum atomic E-state index is 3.39. The van der Waals surface area contributed by atoms with E-state index in [1.807, 2.05) is 0 Å². The predicted molar refractivity (Wildman–Crippen MR) is 87.4 cm³/mol. The lowest BCUT2D eigenvalue weighted by Gasteiger charge is -2.49. The Labute approximate surface area is 121 Å². The minimum Gasteiger partial charge on any atom is -0.130 e. The first-order valence-corrected chi connectivity index (χ1v) is 9.03. The van der Waals surface area contributed by atoms with Crippen molar-refractivity contribution in [1.29, 1.82) is 0 Å². The first-order chi connectivity index (χ1) is 9.32. The summed E-state index contributed by atoms with van der Waals surface area (Å²) in [6, 6.07) is 0. The molecule has 0 heterocycles. The van der Waals surface area contributed by atoms with Crippen LogP contribution in [0, 0.1) is 17.8 Å². The van der Waals surface area contributed by atoms with Crippen molar-refractivity contribution in [1.82, 2.24) is 0 Å². The Morgan fingerprint density at radius 1 is 0.684 bits per heavy atom. The van der Waals surface area contributed by atoms with Crippen molar-refractivity contribution in [3.63, 3.8) is 0 Å². The second kappa shape index (κ2) is 6.13. The maximum Gasteiger partial charge on any atom is 0.00490 e. The van der Waals surface area contributed by atoms with Crippen LogP contribution >= 0.6 is 9.24 Å². The van der Waals surface area contributed by atoms with Gasteiger partial charge in [-0.05, 0) is 37.5 Å². The summed E-state index contributed by atoms with van der Waals surface area (Å²) in [5, 5.41) is 0.463. The third kappa shape index (κ3) is 2.71. The fraction of sp³-hybridized carbons (Fsp3) is 0.778. The molecule has 1 atom stereocenters. The molecule has 2 fully saturated rings. The molecular formula is C18H29P. The lowest BCUT2D eigenvalue weighted by atomic mass is 9.64. The van der Waals surface area contributed by atoms with E-state index < -0.39 is 0 Å². The van der Waals surface area contributed by atoms with E-state index in [1.165, 1.54) is 64.2 Å². The molecule has 0 radical (unpaired) electrons. The van der Waals surface area contributed by atoms with Gasteiger partial charge in [0.15, 0.2) is 0 Å². The van der Waals surface area contributed by atoms with Crippen molar-refractivity contribution in [2.45, 2.75) is 69.4 Å². The largest absolute Gasteiger partial charge is 0.130 e. The van der Waals surface area contributed by atoms with Gasteiger partial charge in [-0.3, -0.25) is 0 Å². The smallest absolute Gasteiger partial charge is 0.00490 e. The molecule has 0 aliphatic heterocycles. The third-order valence-corrected chi connectivity index (χ3v) is 7.28. The highest BCUT2D eigenvalue weighted by Crippen LogP contribution is 2.53. The molecule has 19 heavy (non-hydrogen) atoms. The summed E-state index contributed by atoms with van der Waals surface area (Å²) in [6.45, 7) is 0. The maximum absolute atomic E-state index is 3.39. The Balaban J connectivity index is 1.84. The van der Waals surface area contributed by atoms with Crippen LogP contribution in [0.4, 0.5) is 0 Å². The van der Waals surface area contributed by atoms with Gasteiger partial charge in [0.2, 0.25) is 0 Å². The van der Waals surface area contributed by atoms with Crippen LogP contribution in [-0.4, -0.2) is 5.16 Å². The lowest BCUT2D eigenvalue weighted by Crippen LogP contribution is -2.46. The summed E-state index contributed by atoms with van der Waals surface area (Å²) in [7, 11) is 3.39. The Bertz CT molecular complexity index is 313. The molecule has 0 amide bonds. The van der Waals surface area contributed by atoms with Gasteiger partial charge < -0.3 is 0 Å². The quantitative estimate of drug-likeness (QED) is 0.597. The minimum atomic E-state index is 0.463. The summed E-state index contributed by atoms with van der Waals surface area (Å²) >= 11 is 0. The van der Waals surface area contributed by atoms with E-state index in [2.05, 4.69) is 33.5 Å². The summed E-state index contributed by atoms with van der Waals surface area (Å²) in [5.41, 5.74) is 0. The van der Waals surface area contributed by atoms with Crippen LogP contribution in [0.25, 0.3) is 0 Å². The average Bonchev–Trinajstić information content (AvgIpc) is 3.03. The van der Waals surface area contributed by atoms with Gasteiger partial charge in [0.05, 0.1) is 0 Å². The lowest BCUT2D eigenvalue weighted by molar-refractivity contribution is 0.154. The molecule has 0 aromatic rings. The fourth-order valence-corrected chi connectivity index (χ4v) is 5.74. The van der Waals surface area contributed by atoms with Crippen molar-refractivity contribution < 1.29 is 0 Å². The second-order valence-corrected chi connectivity index (χ2v) is 7.97. The van der Waals surface area contributed by atoms with Crippen LogP contribution in [0.2, 0.25) is 0 Å². The van der Waals surface area contributed by atoms with E-state index in [1.54, 1.807) is 0 Å². The predicted octanol–water partition coefficient (Wildman–Crippen LogP) is 5.50. The number of rotatable bonds is 3. The normalized spacial score (nSPS) is 27.2. The van der Waals surface area contributed by atoms with Gasteiger partial charge >= 0.3 is 0 Å². The second-order valence-electron chi connectivity index (χ2n) is 6.97. The molecule has 0 aromatic heterocycles. The van der Waals surface area contributed by atoms with Gasteiger partial charge in [-0.2, -0.15) is 0 Å². The molecule has 3 aliphatic rings. The molecule has 0 N–H and O–H groups in total. The fourth-order valence-electron chi connectivity index (χ4n) is 4.85. The van der Waals surface area contributed by atoms with E-state index in [0.717, 1.165) is 11.8 Å². The Morgan fingerprint density at radius 3 is 1.53 bits per heavy atom. The molecule has 106 valence electrons. The van der Waals surface area contributed by atoms with E-state index in [-0.39, 0.29) is 0 Å². The van der Waals surface area contributed by atoms with Crippen LogP contribution in [0.5, 0.6) is 0 Å². The molecular weight excluding hydrogens is 247 g/mol. The Kier molecular flexibility index (Phi) is 4.47. The zero-order valence-electron chi connectivity index (χ0n) is 12.2. The molecule has 2 saturated carbocycles. The number of hydrogen-bond donors (Lipinski definition) is 0. The molecule has 3 aliphatic carbocycles. The molecule has 0 spiro atoms. The minimum absolute atomic E-state index is 0.463. The zero-order chi connectivity index (χ0) is 13.1. The zero-order valence-corrected chi connectivity index (χ0v) is 13.3. The van der Waals surface area contributed by atoms with Gasteiger partial charge in [0.1, 0.15) is 0 Å². The summed E-state index contributed by atoms with van der Waals surface area (Å²) in [5.74, 6) is 2.56. The van der Waals surface area contributed by atoms with Gasteiger partial charge in [-0.15, -0.1) is 9.24 Å². The van der Waals surface area contributed by atoms with Crippen molar-refractivity contribution in [2.75, 3.05) is 0 Å². The van der Waals surface area contributed by atoms with Crippen LogP contribution in [-0.2, 0) is 0 Å². The third-order valence-electron chi connectivity index (χ3n) is 5.95. The summed E-state index contributed by atoms with van der Waals surface area (Å²) in [4.78, 5) is 0. The van der Waals surface area contributed by atoms with Crippen molar-refractivity contribution in [3.05, 3.63) is 24.3 Å². The van der Waals surface area contributed by atoms with Crippen molar-refractivity contribution >= 4 is 9.24 Å². The monoisotopic (exact) mass is 276 g/mol. The van der Waals surface area contributed by atoms with Crippen molar-refractivity contribution in [3.8, 4) is 0 Å². The standard InChI is InChI=1S/C18H29P/c19-18(17-13-7-8-14-17,15-9-3-1-4-10-15)16-11-5-2-6-12-16/h7-8,13-17H,1-6,9-12,19H2. The molecule has 0 bridgehead atoms. The Hall–Kier alpha value is -0.0900. The van der Waals surface area contributed by atoms with E-state index in [9.17, 15) is 0 Å². The van der Waals surface area contributed by atoms with Crippen LogP contribution in [0.3, 0.4) is 0 Å². The molecule has 1 unspecified atom stereocenters. The SMILES string of the molecule is PC(C1C=CC=C1)(C1CCCCC1)C1CCCCC1. The summed E-state index contributed by atoms with van der Waals surface area (Å²) in [6.07, 6.45) is 24.2. The van der Waals surface area contributed by atoms with Gasteiger partial charge in [0, 0.05) is 11.1 Å². The van der Waals surface area contributed by atoms with E-state index in [4.69, 9.17) is 0 Å². The topological polar surface area (TPSA) is 0 Å².